The van der Waals surface area contributed by atoms with E-state index in [1.807, 2.05) is 25.2 Å². The first kappa shape index (κ1) is 22.0. The predicted octanol–water partition coefficient (Wildman–Crippen LogP) is 4.14. The monoisotopic (exact) mass is 436 g/mol. The highest BCUT2D eigenvalue weighted by Gasteiger charge is 2.25. The third kappa shape index (κ3) is 5.95. The molecule has 32 heavy (non-hydrogen) atoms. The standard InChI is InChI=1S/C25H29FN4O2/c1-27-25(30-14-12-20(15-30)17-31-16-19-5-3-2-4-6-19)28-13-11-23-18-32-24(29-23)21-7-9-22(26)10-8-21/h2-10,18,20H,11-17H2,1H3,(H,27,28). The Hall–Kier alpha value is -3.19. The number of nitrogens with zero attached hydrogens (tertiary/aromatic N) is 3. The average Bonchev–Trinajstić information content (AvgIpc) is 3.48. The molecule has 3 aromatic rings. The van der Waals surface area contributed by atoms with E-state index < -0.39 is 0 Å². The lowest BCUT2D eigenvalue weighted by atomic mass is 10.1. The molecule has 6 nitrogen and oxygen atoms in total. The molecule has 1 fully saturated rings. The van der Waals surface area contributed by atoms with Crippen LogP contribution in [0.2, 0.25) is 0 Å². The first-order valence-corrected chi connectivity index (χ1v) is 11.0. The Balaban J connectivity index is 1.19. The van der Waals surface area contributed by atoms with Crippen LogP contribution >= 0.6 is 0 Å². The molecule has 1 unspecified atom stereocenters. The maximum Gasteiger partial charge on any atom is 0.226 e. The summed E-state index contributed by atoms with van der Waals surface area (Å²) >= 11 is 0. The molecule has 0 saturated carbocycles. The van der Waals surface area contributed by atoms with Gasteiger partial charge in [0.25, 0.3) is 0 Å². The second-order valence-corrected chi connectivity index (χ2v) is 7.98. The molecule has 4 rings (SSSR count). The molecule has 1 aliphatic heterocycles. The highest BCUT2D eigenvalue weighted by molar-refractivity contribution is 5.80. The van der Waals surface area contributed by atoms with E-state index in [-0.39, 0.29) is 5.82 Å². The Morgan fingerprint density at radius 2 is 2.03 bits per heavy atom. The van der Waals surface area contributed by atoms with Crippen molar-refractivity contribution in [1.29, 1.82) is 0 Å². The Morgan fingerprint density at radius 3 is 2.81 bits per heavy atom. The molecule has 1 saturated heterocycles. The van der Waals surface area contributed by atoms with Crippen molar-refractivity contribution in [3.63, 3.8) is 0 Å². The molecule has 2 aromatic carbocycles. The summed E-state index contributed by atoms with van der Waals surface area (Å²) < 4.78 is 24.6. The van der Waals surface area contributed by atoms with Gasteiger partial charge in [0.1, 0.15) is 12.1 Å². The SMILES string of the molecule is CN=C(NCCc1coc(-c2ccc(F)cc2)n1)N1CCC(COCc2ccccc2)C1. The van der Waals surface area contributed by atoms with Crippen LogP contribution in [0.4, 0.5) is 4.39 Å². The second kappa shape index (κ2) is 10.9. The Labute approximate surface area is 188 Å². The van der Waals surface area contributed by atoms with Gasteiger partial charge in [-0.05, 0) is 36.2 Å². The normalized spacial score (nSPS) is 16.5. The lowest BCUT2D eigenvalue weighted by Gasteiger charge is -2.21. The molecular weight excluding hydrogens is 407 g/mol. The number of likely N-dealkylation sites (tertiary alicyclic amines) is 1. The van der Waals surface area contributed by atoms with Crippen LogP contribution in [0.15, 0.2) is 70.3 Å². The molecule has 2 heterocycles. The van der Waals surface area contributed by atoms with E-state index in [1.54, 1.807) is 18.4 Å². The number of aromatic nitrogens is 1. The Morgan fingerprint density at radius 1 is 1.22 bits per heavy atom. The van der Waals surface area contributed by atoms with Crippen LogP contribution in [0, 0.1) is 11.7 Å². The second-order valence-electron chi connectivity index (χ2n) is 7.98. The maximum atomic E-state index is 13.1. The van der Waals surface area contributed by atoms with Gasteiger partial charge in [-0.2, -0.15) is 0 Å². The summed E-state index contributed by atoms with van der Waals surface area (Å²) in [6, 6.07) is 16.4. The summed E-state index contributed by atoms with van der Waals surface area (Å²) in [7, 11) is 1.81. The van der Waals surface area contributed by atoms with Gasteiger partial charge >= 0.3 is 0 Å². The molecule has 1 aromatic heterocycles. The van der Waals surface area contributed by atoms with Crippen molar-refractivity contribution < 1.29 is 13.5 Å². The summed E-state index contributed by atoms with van der Waals surface area (Å²) in [5.74, 6) is 1.63. The third-order valence-electron chi connectivity index (χ3n) is 5.57. The number of hydrogen-bond donors (Lipinski definition) is 1. The minimum absolute atomic E-state index is 0.275. The number of ether oxygens (including phenoxy) is 1. The fraction of sp³-hybridized carbons (Fsp3) is 0.360. The number of guanidine groups is 1. The van der Waals surface area contributed by atoms with Gasteiger partial charge in [-0.3, -0.25) is 4.99 Å². The van der Waals surface area contributed by atoms with E-state index in [1.165, 1.54) is 17.7 Å². The minimum Gasteiger partial charge on any atom is -0.444 e. The van der Waals surface area contributed by atoms with Crippen molar-refractivity contribution in [3.05, 3.63) is 77.9 Å². The largest absolute Gasteiger partial charge is 0.444 e. The summed E-state index contributed by atoms with van der Waals surface area (Å²) in [5, 5.41) is 3.42. The first-order chi connectivity index (χ1) is 15.7. The van der Waals surface area contributed by atoms with Crippen LogP contribution < -0.4 is 5.32 Å². The van der Waals surface area contributed by atoms with Crippen molar-refractivity contribution >= 4 is 5.96 Å². The molecule has 7 heteroatoms. The molecule has 0 bridgehead atoms. The van der Waals surface area contributed by atoms with Crippen LogP contribution in [-0.4, -0.2) is 49.1 Å². The lowest BCUT2D eigenvalue weighted by Crippen LogP contribution is -2.41. The fourth-order valence-electron chi connectivity index (χ4n) is 3.86. The van der Waals surface area contributed by atoms with Gasteiger partial charge in [0.15, 0.2) is 5.96 Å². The molecule has 0 radical (unpaired) electrons. The third-order valence-corrected chi connectivity index (χ3v) is 5.57. The summed E-state index contributed by atoms with van der Waals surface area (Å²) in [4.78, 5) is 11.2. The number of hydrogen-bond acceptors (Lipinski definition) is 4. The van der Waals surface area contributed by atoms with Crippen LogP contribution in [0.25, 0.3) is 11.5 Å². The van der Waals surface area contributed by atoms with E-state index in [9.17, 15) is 4.39 Å². The van der Waals surface area contributed by atoms with E-state index in [2.05, 4.69) is 32.3 Å². The zero-order chi connectivity index (χ0) is 22.2. The molecule has 1 aliphatic rings. The molecule has 0 spiro atoms. The highest BCUT2D eigenvalue weighted by atomic mass is 19.1. The topological polar surface area (TPSA) is 62.9 Å². The van der Waals surface area contributed by atoms with Crippen molar-refractivity contribution in [2.75, 3.05) is 33.3 Å². The van der Waals surface area contributed by atoms with Gasteiger partial charge in [-0.25, -0.2) is 9.37 Å². The van der Waals surface area contributed by atoms with Gasteiger partial charge in [0.2, 0.25) is 5.89 Å². The van der Waals surface area contributed by atoms with Crippen LogP contribution in [0.3, 0.4) is 0 Å². The maximum absolute atomic E-state index is 13.1. The van der Waals surface area contributed by atoms with Crippen LogP contribution in [-0.2, 0) is 17.8 Å². The van der Waals surface area contributed by atoms with E-state index in [4.69, 9.17) is 9.15 Å². The van der Waals surface area contributed by atoms with Crippen LogP contribution in [0.5, 0.6) is 0 Å². The van der Waals surface area contributed by atoms with E-state index in [0.29, 0.717) is 31.4 Å². The predicted molar refractivity (Wildman–Crippen MR) is 123 cm³/mol. The molecule has 168 valence electrons. The molecule has 1 atom stereocenters. The van der Waals surface area contributed by atoms with Gasteiger partial charge in [0.05, 0.1) is 18.9 Å². The highest BCUT2D eigenvalue weighted by Crippen LogP contribution is 2.19. The van der Waals surface area contributed by atoms with E-state index in [0.717, 1.165) is 43.3 Å². The van der Waals surface area contributed by atoms with Crippen molar-refractivity contribution in [1.82, 2.24) is 15.2 Å². The fourth-order valence-corrected chi connectivity index (χ4v) is 3.86. The number of aliphatic imine (C=N–C) groups is 1. The Bertz CT molecular complexity index is 1000. The summed E-state index contributed by atoms with van der Waals surface area (Å²) in [5.41, 5.74) is 2.81. The minimum atomic E-state index is -0.275. The number of rotatable bonds is 8. The zero-order valence-corrected chi connectivity index (χ0v) is 18.3. The molecule has 0 aliphatic carbocycles. The summed E-state index contributed by atoms with van der Waals surface area (Å²) in [6.07, 6.45) is 3.46. The number of benzene rings is 2. The summed E-state index contributed by atoms with van der Waals surface area (Å²) in [6.45, 7) is 4.02. The van der Waals surface area contributed by atoms with Crippen LogP contribution in [0.1, 0.15) is 17.7 Å². The quantitative estimate of drug-likeness (QED) is 0.425. The van der Waals surface area contributed by atoms with Gasteiger partial charge < -0.3 is 19.4 Å². The molecule has 1 N–H and O–H groups in total. The molecule has 0 amide bonds. The van der Waals surface area contributed by atoms with Gasteiger partial charge in [0, 0.05) is 44.6 Å². The van der Waals surface area contributed by atoms with E-state index >= 15 is 0 Å². The number of nitrogens with one attached hydrogen (secondary N) is 1. The van der Waals surface area contributed by atoms with Crippen molar-refractivity contribution in [2.45, 2.75) is 19.4 Å². The number of oxazole rings is 1. The lowest BCUT2D eigenvalue weighted by molar-refractivity contribution is 0.0907. The molecular formula is C25H29FN4O2. The Kier molecular flexibility index (Phi) is 7.51. The first-order valence-electron chi connectivity index (χ1n) is 11.0. The van der Waals surface area contributed by atoms with Gasteiger partial charge in [-0.1, -0.05) is 30.3 Å². The average molecular weight is 437 g/mol. The van der Waals surface area contributed by atoms with Gasteiger partial charge in [-0.15, -0.1) is 0 Å². The number of halogens is 1. The van der Waals surface area contributed by atoms with Crippen molar-refractivity contribution in [2.24, 2.45) is 10.9 Å². The smallest absolute Gasteiger partial charge is 0.226 e. The zero-order valence-electron chi connectivity index (χ0n) is 18.3. The van der Waals surface area contributed by atoms with Crippen molar-refractivity contribution in [3.8, 4) is 11.5 Å².